The minimum atomic E-state index is -1.71. The van der Waals surface area contributed by atoms with Crippen molar-refractivity contribution in [1.82, 2.24) is 5.32 Å². The Bertz CT molecular complexity index is 1400. The number of esters is 2. The van der Waals surface area contributed by atoms with Crippen LogP contribution in [-0.2, 0) is 33.3 Å². The highest BCUT2D eigenvalue weighted by Crippen LogP contribution is 2.63. The lowest BCUT2D eigenvalue weighted by Gasteiger charge is -2.65. The molecule has 0 radical (unpaired) electrons. The quantitative estimate of drug-likeness (QED) is 0.184. The van der Waals surface area contributed by atoms with Crippen molar-refractivity contribution in [2.45, 2.75) is 143 Å². The van der Waals surface area contributed by atoms with Crippen LogP contribution in [0.15, 0.2) is 11.1 Å². The number of fused-ring (bicyclic) bond motifs is 5. The number of Topliss-reactive ketones (excluding diaryl/α,β-unsaturated/α-hetero) is 1. The number of nitrogens with one attached hydrogen (secondary N) is 1. The second-order valence-corrected chi connectivity index (χ2v) is 17.5. The van der Waals surface area contributed by atoms with Gasteiger partial charge in [0.05, 0.1) is 30.3 Å². The molecule has 48 heavy (non-hydrogen) atoms. The monoisotopic (exact) mass is 677 g/mol. The van der Waals surface area contributed by atoms with Crippen LogP contribution in [0.3, 0.4) is 0 Å². The Hall–Kier alpha value is -2.54. The van der Waals surface area contributed by atoms with E-state index >= 15 is 0 Å². The number of aliphatic hydroxyl groups is 3. The standard InChI is InChI=1S/C36H55NO11/c1-16-19-12-21(47-30(42)26(40)25(20-14-33(20,7)8)37-31(43)48-32(4,5)6)17(2)24(34(19,9)10)27(46-18(3)38)29(41)35(11)22(39)13-23-36(44,15-45-23)28(16)35/h16,19-23,25-28,39-40,44H,12-15H2,1-11H3,(H,37,43)/t16-,19?,20?,21?,22?,23?,25?,26?,27?,28+,35-,36?/m1/s1. The van der Waals surface area contributed by atoms with E-state index in [0.717, 1.165) is 0 Å². The van der Waals surface area contributed by atoms with Crippen molar-refractivity contribution in [2.75, 3.05) is 6.61 Å². The van der Waals surface area contributed by atoms with Crippen LogP contribution in [-0.4, -0.2) is 93.5 Å². The topological polar surface area (TPSA) is 178 Å². The number of ether oxygens (including phenoxy) is 4. The van der Waals surface area contributed by atoms with E-state index in [0.29, 0.717) is 17.6 Å². The molecule has 0 aromatic heterocycles. The van der Waals surface area contributed by atoms with Crippen LogP contribution in [0.5, 0.6) is 0 Å². The van der Waals surface area contributed by atoms with Gasteiger partial charge >= 0.3 is 18.0 Å². The Balaban J connectivity index is 1.53. The maximum atomic E-state index is 14.7. The highest BCUT2D eigenvalue weighted by molar-refractivity contribution is 5.94. The predicted octanol–water partition coefficient (Wildman–Crippen LogP) is 3.23. The van der Waals surface area contributed by atoms with Crippen molar-refractivity contribution in [3.63, 3.8) is 0 Å². The van der Waals surface area contributed by atoms with E-state index in [1.807, 2.05) is 34.6 Å². The molecule has 0 spiro atoms. The summed E-state index contributed by atoms with van der Waals surface area (Å²) in [4.78, 5) is 53.9. The molecule has 9 unspecified atom stereocenters. The third kappa shape index (κ3) is 5.88. The van der Waals surface area contributed by atoms with Gasteiger partial charge in [0, 0.05) is 19.3 Å². The number of carbonyl (C=O) groups is 4. The van der Waals surface area contributed by atoms with Crippen molar-refractivity contribution in [3.8, 4) is 0 Å². The van der Waals surface area contributed by atoms with Crippen LogP contribution < -0.4 is 5.32 Å². The Morgan fingerprint density at radius 3 is 2.17 bits per heavy atom. The summed E-state index contributed by atoms with van der Waals surface area (Å²) < 4.78 is 23.0. The summed E-state index contributed by atoms with van der Waals surface area (Å²) in [5, 5.41) is 37.6. The summed E-state index contributed by atoms with van der Waals surface area (Å²) in [7, 11) is 0. The van der Waals surface area contributed by atoms with Gasteiger partial charge in [-0.25, -0.2) is 9.59 Å². The van der Waals surface area contributed by atoms with E-state index in [9.17, 15) is 34.5 Å². The highest BCUT2D eigenvalue weighted by Gasteiger charge is 2.72. The Morgan fingerprint density at radius 1 is 1.06 bits per heavy atom. The summed E-state index contributed by atoms with van der Waals surface area (Å²) in [6.45, 7) is 19.6. The smallest absolute Gasteiger partial charge is 0.407 e. The first-order valence-corrected chi connectivity index (χ1v) is 17.2. The Kier molecular flexibility index (Phi) is 9.01. The second kappa shape index (κ2) is 11.8. The fraction of sp³-hybridized carbons (Fsp3) is 0.833. The zero-order valence-electron chi connectivity index (χ0n) is 30.2. The molecule has 2 bridgehead atoms. The lowest BCUT2D eigenvalue weighted by molar-refractivity contribution is -0.326. The molecule has 270 valence electrons. The van der Waals surface area contributed by atoms with Crippen LogP contribution >= 0.6 is 0 Å². The molecule has 5 aliphatic rings. The van der Waals surface area contributed by atoms with Crippen molar-refractivity contribution in [3.05, 3.63) is 11.1 Å². The van der Waals surface area contributed by atoms with Crippen LogP contribution in [0.25, 0.3) is 0 Å². The van der Waals surface area contributed by atoms with E-state index in [4.69, 9.17) is 18.9 Å². The first-order valence-electron chi connectivity index (χ1n) is 17.2. The molecule has 12 heteroatoms. The molecule has 12 atom stereocenters. The van der Waals surface area contributed by atoms with E-state index < -0.39 is 88.3 Å². The summed E-state index contributed by atoms with van der Waals surface area (Å²) in [5.41, 5.74) is -3.64. The van der Waals surface area contributed by atoms with Gasteiger partial charge in [-0.15, -0.1) is 0 Å². The molecule has 0 aromatic carbocycles. The van der Waals surface area contributed by atoms with Gasteiger partial charge in [0.15, 0.2) is 18.0 Å². The van der Waals surface area contributed by atoms with E-state index in [-0.39, 0.29) is 42.6 Å². The molecule has 3 saturated carbocycles. The molecule has 1 heterocycles. The number of hydrogen-bond acceptors (Lipinski definition) is 11. The number of aliphatic hydroxyl groups excluding tert-OH is 2. The van der Waals surface area contributed by atoms with Crippen molar-refractivity contribution in [1.29, 1.82) is 0 Å². The summed E-state index contributed by atoms with van der Waals surface area (Å²) in [6.07, 6.45) is -5.58. The molecule has 5 rings (SSSR count). The number of hydrogen-bond donors (Lipinski definition) is 4. The average Bonchev–Trinajstić information content (AvgIpc) is 3.58. The van der Waals surface area contributed by atoms with Crippen molar-refractivity contribution < 1.29 is 53.4 Å². The molecular weight excluding hydrogens is 622 g/mol. The van der Waals surface area contributed by atoms with Gasteiger partial charge < -0.3 is 39.6 Å². The van der Waals surface area contributed by atoms with Gasteiger partial charge in [-0.2, -0.15) is 0 Å². The van der Waals surface area contributed by atoms with Crippen molar-refractivity contribution in [2.24, 2.45) is 39.9 Å². The summed E-state index contributed by atoms with van der Waals surface area (Å²) in [6, 6.07) is -0.968. The minimum absolute atomic E-state index is 0.00350. The molecule has 4 fully saturated rings. The van der Waals surface area contributed by atoms with Gasteiger partial charge in [-0.1, -0.05) is 34.6 Å². The van der Waals surface area contributed by atoms with Crippen LogP contribution in [0.2, 0.25) is 0 Å². The third-order valence-corrected chi connectivity index (χ3v) is 12.4. The largest absolute Gasteiger partial charge is 0.456 e. The van der Waals surface area contributed by atoms with E-state index in [1.165, 1.54) is 6.92 Å². The minimum Gasteiger partial charge on any atom is -0.456 e. The van der Waals surface area contributed by atoms with Crippen LogP contribution in [0, 0.1) is 39.9 Å². The maximum absolute atomic E-state index is 14.7. The molecule has 12 nitrogen and oxygen atoms in total. The van der Waals surface area contributed by atoms with Gasteiger partial charge in [0.25, 0.3) is 0 Å². The van der Waals surface area contributed by atoms with Crippen molar-refractivity contribution >= 4 is 23.8 Å². The first-order chi connectivity index (χ1) is 21.9. The normalized spacial score (nSPS) is 40.8. The lowest BCUT2D eigenvalue weighted by Crippen LogP contribution is -2.76. The number of amides is 1. The zero-order chi connectivity index (χ0) is 36.1. The second-order valence-electron chi connectivity index (χ2n) is 17.5. The average molecular weight is 678 g/mol. The highest BCUT2D eigenvalue weighted by atomic mass is 16.6. The summed E-state index contributed by atoms with van der Waals surface area (Å²) in [5.74, 6) is -3.83. The van der Waals surface area contributed by atoms with Gasteiger partial charge in [0.1, 0.15) is 17.3 Å². The maximum Gasteiger partial charge on any atom is 0.407 e. The predicted molar refractivity (Wildman–Crippen MR) is 172 cm³/mol. The van der Waals surface area contributed by atoms with Gasteiger partial charge in [-0.05, 0) is 87.2 Å². The zero-order valence-corrected chi connectivity index (χ0v) is 30.2. The number of ketones is 1. The molecule has 0 aromatic rings. The molecular formula is C36H55NO11. The molecule has 4 N–H and O–H groups in total. The molecule has 1 amide bonds. The molecule has 1 saturated heterocycles. The molecule has 1 aliphatic heterocycles. The van der Waals surface area contributed by atoms with E-state index in [2.05, 4.69) is 5.32 Å². The van der Waals surface area contributed by atoms with E-state index in [1.54, 1.807) is 34.6 Å². The Morgan fingerprint density at radius 2 is 1.67 bits per heavy atom. The van der Waals surface area contributed by atoms with Gasteiger partial charge in [-0.3, -0.25) is 9.59 Å². The van der Waals surface area contributed by atoms with Crippen LogP contribution in [0.4, 0.5) is 4.79 Å². The fourth-order valence-electron chi connectivity index (χ4n) is 9.81. The van der Waals surface area contributed by atoms with Crippen LogP contribution in [0.1, 0.15) is 95.4 Å². The van der Waals surface area contributed by atoms with Gasteiger partial charge in [0.2, 0.25) is 0 Å². The molecule has 4 aliphatic carbocycles. The SMILES string of the molecule is CC(=O)OC1C(=O)[C@]2(C)C(O)CC3OCC3(O)[C@H]2[C@H](C)C2CC(OC(=O)C(O)C(NC(=O)OC(C)(C)C)C3CC3(C)C)C(C)=C1C2(C)C. The summed E-state index contributed by atoms with van der Waals surface area (Å²) >= 11 is 0. The number of rotatable bonds is 6. The number of carbonyl (C=O) groups excluding carboxylic acids is 4. The third-order valence-electron chi connectivity index (χ3n) is 12.4. The first kappa shape index (κ1) is 36.7. The fourth-order valence-corrected chi connectivity index (χ4v) is 9.81. The Labute approximate surface area is 283 Å². The lowest BCUT2D eigenvalue weighted by atomic mass is 9.44. The number of alkyl carbamates (subject to hydrolysis) is 1.